The minimum absolute atomic E-state index is 0.231. The predicted molar refractivity (Wildman–Crippen MR) is 80.8 cm³/mol. The summed E-state index contributed by atoms with van der Waals surface area (Å²) in [6.45, 7) is 0.969. The summed E-state index contributed by atoms with van der Waals surface area (Å²) >= 11 is 0. The van der Waals surface area contributed by atoms with E-state index >= 15 is 0 Å². The molecule has 21 heavy (non-hydrogen) atoms. The molecule has 2 aromatic rings. The van der Waals surface area contributed by atoms with Gasteiger partial charge in [0, 0.05) is 18.7 Å². The minimum Gasteiger partial charge on any atom is -0.491 e. The molecule has 0 aromatic heterocycles. The van der Waals surface area contributed by atoms with Crippen LogP contribution < -0.4 is 10.5 Å². The molecule has 0 aliphatic heterocycles. The first-order valence-electron chi connectivity index (χ1n) is 6.92. The fourth-order valence-electron chi connectivity index (χ4n) is 2.16. The molecule has 2 N–H and O–H groups in total. The van der Waals surface area contributed by atoms with Gasteiger partial charge < -0.3 is 15.2 Å². The van der Waals surface area contributed by atoms with Crippen molar-refractivity contribution in [2.24, 2.45) is 5.73 Å². The van der Waals surface area contributed by atoms with Gasteiger partial charge in [-0.3, -0.25) is 0 Å². The van der Waals surface area contributed by atoms with E-state index in [2.05, 4.69) is 0 Å². The van der Waals surface area contributed by atoms with Gasteiger partial charge in [-0.1, -0.05) is 36.4 Å². The first kappa shape index (κ1) is 15.5. The maximum atomic E-state index is 13.7. The highest BCUT2D eigenvalue weighted by Gasteiger charge is 2.14. The van der Waals surface area contributed by atoms with E-state index in [1.165, 1.54) is 6.07 Å². The number of benzene rings is 2. The van der Waals surface area contributed by atoms with Crippen LogP contribution in [0.4, 0.5) is 4.39 Å². The zero-order valence-electron chi connectivity index (χ0n) is 12.1. The van der Waals surface area contributed by atoms with Crippen LogP contribution in [0.3, 0.4) is 0 Å². The molecular weight excluding hydrogens is 269 g/mol. The molecule has 0 fully saturated rings. The van der Waals surface area contributed by atoms with Crippen LogP contribution in [0.2, 0.25) is 0 Å². The van der Waals surface area contributed by atoms with Crippen LogP contribution in [0, 0.1) is 5.82 Å². The highest BCUT2D eigenvalue weighted by atomic mass is 19.1. The molecule has 1 unspecified atom stereocenters. The van der Waals surface area contributed by atoms with Gasteiger partial charge in [-0.05, 0) is 24.1 Å². The topological polar surface area (TPSA) is 44.5 Å². The molecule has 0 aliphatic carbocycles. The maximum absolute atomic E-state index is 13.7. The number of ether oxygens (including phenoxy) is 2. The molecule has 0 saturated carbocycles. The summed E-state index contributed by atoms with van der Waals surface area (Å²) in [5.41, 5.74) is 7.70. The number of para-hydroxylation sites is 1. The molecule has 0 bridgehead atoms. The van der Waals surface area contributed by atoms with E-state index in [9.17, 15) is 4.39 Å². The molecule has 0 aliphatic rings. The lowest BCUT2D eigenvalue weighted by atomic mass is 9.98. The molecule has 2 aromatic carbocycles. The molecule has 3 nitrogen and oxygen atoms in total. The van der Waals surface area contributed by atoms with Crippen molar-refractivity contribution < 1.29 is 13.9 Å². The summed E-state index contributed by atoms with van der Waals surface area (Å²) in [6.07, 6.45) is 0.428. The van der Waals surface area contributed by atoms with Gasteiger partial charge in [0.1, 0.15) is 18.2 Å². The van der Waals surface area contributed by atoms with E-state index in [-0.39, 0.29) is 11.9 Å². The standard InChI is InChI=1S/C17H20FNO2/c1-20-10-11-21-17-9-5-3-7-14(17)16(19)12-13-6-2-4-8-15(13)18/h2-9,16H,10-12,19H2,1H3. The van der Waals surface area contributed by atoms with Crippen molar-refractivity contribution in [2.75, 3.05) is 20.3 Å². The lowest BCUT2D eigenvalue weighted by molar-refractivity contribution is 0.145. The van der Waals surface area contributed by atoms with Crippen molar-refractivity contribution in [3.63, 3.8) is 0 Å². The molecule has 1 atom stereocenters. The van der Waals surface area contributed by atoms with E-state index in [4.69, 9.17) is 15.2 Å². The molecule has 0 amide bonds. The van der Waals surface area contributed by atoms with E-state index in [0.717, 1.165) is 11.3 Å². The molecule has 2 rings (SSSR count). The lowest BCUT2D eigenvalue weighted by Crippen LogP contribution is -2.16. The average Bonchev–Trinajstić information content (AvgIpc) is 2.50. The minimum atomic E-state index is -0.319. The smallest absolute Gasteiger partial charge is 0.126 e. The lowest BCUT2D eigenvalue weighted by Gasteiger charge is -2.17. The second-order valence-corrected chi connectivity index (χ2v) is 4.78. The first-order valence-corrected chi connectivity index (χ1v) is 6.92. The van der Waals surface area contributed by atoms with Gasteiger partial charge in [-0.2, -0.15) is 0 Å². The molecule has 112 valence electrons. The van der Waals surface area contributed by atoms with Gasteiger partial charge in [0.2, 0.25) is 0 Å². The summed E-state index contributed by atoms with van der Waals surface area (Å²) in [7, 11) is 1.62. The average molecular weight is 289 g/mol. The number of rotatable bonds is 7. The van der Waals surface area contributed by atoms with Gasteiger partial charge in [-0.25, -0.2) is 4.39 Å². The third-order valence-corrected chi connectivity index (χ3v) is 3.26. The van der Waals surface area contributed by atoms with E-state index < -0.39 is 0 Å². The van der Waals surface area contributed by atoms with Crippen molar-refractivity contribution >= 4 is 0 Å². The van der Waals surface area contributed by atoms with Crippen LogP contribution in [-0.4, -0.2) is 20.3 Å². The highest BCUT2D eigenvalue weighted by molar-refractivity contribution is 5.37. The summed E-state index contributed by atoms with van der Waals surface area (Å²) < 4.78 is 24.3. The maximum Gasteiger partial charge on any atom is 0.126 e. The van der Waals surface area contributed by atoms with Crippen LogP contribution in [0.5, 0.6) is 5.75 Å². The molecule has 4 heteroatoms. The Labute approximate surface area is 124 Å². The van der Waals surface area contributed by atoms with E-state index in [0.29, 0.717) is 25.2 Å². The van der Waals surface area contributed by atoms with Gasteiger partial charge in [-0.15, -0.1) is 0 Å². The van der Waals surface area contributed by atoms with Crippen molar-refractivity contribution in [1.82, 2.24) is 0 Å². The Balaban J connectivity index is 2.11. The summed E-state index contributed by atoms with van der Waals surface area (Å²) in [4.78, 5) is 0. The Morgan fingerprint density at radius 1 is 1.05 bits per heavy atom. The van der Waals surface area contributed by atoms with Gasteiger partial charge >= 0.3 is 0 Å². The van der Waals surface area contributed by atoms with Crippen LogP contribution in [0.25, 0.3) is 0 Å². The van der Waals surface area contributed by atoms with Crippen molar-refractivity contribution in [3.8, 4) is 5.75 Å². The Kier molecular flexibility index (Phi) is 5.72. The number of hydrogen-bond acceptors (Lipinski definition) is 3. The predicted octanol–water partition coefficient (Wildman–Crippen LogP) is 3.09. The van der Waals surface area contributed by atoms with E-state index in [1.54, 1.807) is 19.2 Å². The molecule has 0 radical (unpaired) electrons. The van der Waals surface area contributed by atoms with Crippen molar-refractivity contribution in [3.05, 3.63) is 65.5 Å². The Hall–Kier alpha value is -1.91. The van der Waals surface area contributed by atoms with Crippen molar-refractivity contribution in [1.29, 1.82) is 0 Å². The second-order valence-electron chi connectivity index (χ2n) is 4.78. The molecule has 0 heterocycles. The van der Waals surface area contributed by atoms with Crippen molar-refractivity contribution in [2.45, 2.75) is 12.5 Å². The largest absolute Gasteiger partial charge is 0.491 e. The third-order valence-electron chi connectivity index (χ3n) is 3.26. The SMILES string of the molecule is COCCOc1ccccc1C(N)Cc1ccccc1F. The fraction of sp³-hybridized carbons (Fsp3) is 0.294. The molecular formula is C17H20FNO2. The Morgan fingerprint density at radius 2 is 1.76 bits per heavy atom. The number of halogens is 1. The normalized spacial score (nSPS) is 12.1. The van der Waals surface area contributed by atoms with E-state index in [1.807, 2.05) is 30.3 Å². The van der Waals surface area contributed by atoms with Gasteiger partial charge in [0.25, 0.3) is 0 Å². The summed E-state index contributed by atoms with van der Waals surface area (Å²) in [6, 6.07) is 13.9. The monoisotopic (exact) mass is 289 g/mol. The van der Waals surface area contributed by atoms with Crippen LogP contribution in [0.15, 0.2) is 48.5 Å². The van der Waals surface area contributed by atoms with Crippen LogP contribution in [0.1, 0.15) is 17.2 Å². The summed E-state index contributed by atoms with van der Waals surface area (Å²) in [5, 5.41) is 0. The highest BCUT2D eigenvalue weighted by Crippen LogP contribution is 2.26. The zero-order valence-corrected chi connectivity index (χ0v) is 12.1. The number of hydrogen-bond donors (Lipinski definition) is 1. The summed E-state index contributed by atoms with van der Waals surface area (Å²) in [5.74, 6) is 0.490. The molecule has 0 spiro atoms. The number of methoxy groups -OCH3 is 1. The zero-order chi connectivity index (χ0) is 15.1. The Bertz CT molecular complexity index is 574. The fourth-order valence-corrected chi connectivity index (χ4v) is 2.16. The van der Waals surface area contributed by atoms with Crippen LogP contribution in [-0.2, 0) is 11.2 Å². The van der Waals surface area contributed by atoms with Gasteiger partial charge in [0.15, 0.2) is 0 Å². The number of nitrogens with two attached hydrogens (primary N) is 1. The molecule has 0 saturated heterocycles. The van der Waals surface area contributed by atoms with Crippen LogP contribution >= 0.6 is 0 Å². The Morgan fingerprint density at radius 3 is 2.52 bits per heavy atom. The third kappa shape index (κ3) is 4.28. The first-order chi connectivity index (χ1) is 10.2. The second kappa shape index (κ2) is 7.76. The van der Waals surface area contributed by atoms with Gasteiger partial charge in [0.05, 0.1) is 6.61 Å². The quantitative estimate of drug-likeness (QED) is 0.797.